The van der Waals surface area contributed by atoms with E-state index in [1.54, 1.807) is 16.2 Å². The van der Waals surface area contributed by atoms with Gasteiger partial charge in [-0.25, -0.2) is 4.98 Å². The van der Waals surface area contributed by atoms with Gasteiger partial charge in [-0.2, -0.15) is 0 Å². The lowest BCUT2D eigenvalue weighted by Gasteiger charge is -2.26. The van der Waals surface area contributed by atoms with Gasteiger partial charge in [0.2, 0.25) is 0 Å². The topological polar surface area (TPSA) is 59.5 Å². The minimum atomic E-state index is -0.355. The number of thiazole rings is 1. The normalized spacial score (nSPS) is 11.3. The van der Waals surface area contributed by atoms with Gasteiger partial charge in [-0.3, -0.25) is 9.59 Å². The number of carbonyl (C=O) groups excluding carboxylic acids is 2. The molecule has 1 amide bonds. The van der Waals surface area contributed by atoms with Crippen molar-refractivity contribution in [2.45, 2.75) is 40.5 Å². The van der Waals surface area contributed by atoms with Crippen molar-refractivity contribution in [1.29, 1.82) is 0 Å². The van der Waals surface area contributed by atoms with Gasteiger partial charge in [0.05, 0.1) is 21.6 Å². The van der Waals surface area contributed by atoms with E-state index in [-0.39, 0.29) is 24.9 Å². The van der Waals surface area contributed by atoms with Crippen LogP contribution in [0.15, 0.2) is 24.3 Å². The zero-order valence-corrected chi connectivity index (χ0v) is 16.8. The summed E-state index contributed by atoms with van der Waals surface area (Å²) >= 11 is 1.59. The summed E-state index contributed by atoms with van der Waals surface area (Å²) in [6.07, 6.45) is 0.773. The highest BCUT2D eigenvalue weighted by atomic mass is 32.1. The first-order valence-corrected chi connectivity index (χ1v) is 9.94. The molecule has 0 unspecified atom stereocenters. The van der Waals surface area contributed by atoms with Gasteiger partial charge in [0.1, 0.15) is 0 Å². The number of fused-ring (bicyclic) bond motifs is 1. The number of esters is 1. The molecule has 142 valence electrons. The monoisotopic (exact) mass is 376 g/mol. The molecule has 5 nitrogen and oxygen atoms in total. The molecule has 0 radical (unpaired) electrons. The predicted molar refractivity (Wildman–Crippen MR) is 105 cm³/mol. The number of ether oxygens (including phenoxy) is 1. The van der Waals surface area contributed by atoms with Crippen LogP contribution in [0.25, 0.3) is 10.2 Å². The van der Waals surface area contributed by atoms with Crippen LogP contribution in [0.5, 0.6) is 0 Å². The molecule has 0 N–H and O–H groups in total. The smallest absolute Gasteiger partial charge is 0.306 e. The van der Waals surface area contributed by atoms with Crippen molar-refractivity contribution in [3.63, 3.8) is 0 Å². The molecule has 26 heavy (non-hydrogen) atoms. The number of aryl methyl sites for hydroxylation is 1. The zero-order valence-electron chi connectivity index (χ0n) is 16.0. The van der Waals surface area contributed by atoms with E-state index in [1.165, 1.54) is 0 Å². The molecule has 0 aliphatic rings. The maximum absolute atomic E-state index is 12.3. The number of nitrogens with zero attached hydrogens (tertiary/aromatic N) is 2. The van der Waals surface area contributed by atoms with Gasteiger partial charge < -0.3 is 9.64 Å². The minimum Gasteiger partial charge on any atom is -0.456 e. The standard InChI is InChI=1S/C20H28N2O3S/c1-14(2)11-22(12-15(3)4)19(23)13-25-20(24)10-9-18-21-16-7-5-6-8-17(16)26-18/h5-8,14-15H,9-13H2,1-4H3. The van der Waals surface area contributed by atoms with Gasteiger partial charge in [0.25, 0.3) is 5.91 Å². The first-order valence-electron chi connectivity index (χ1n) is 9.13. The lowest BCUT2D eigenvalue weighted by atomic mass is 10.1. The molecule has 2 aromatic rings. The van der Waals surface area contributed by atoms with Gasteiger partial charge in [0.15, 0.2) is 6.61 Å². The molecule has 6 heteroatoms. The first kappa shape index (κ1) is 20.4. The number of hydrogen-bond donors (Lipinski definition) is 0. The summed E-state index contributed by atoms with van der Waals surface area (Å²) in [4.78, 5) is 30.6. The average molecular weight is 377 g/mol. The maximum atomic E-state index is 12.3. The van der Waals surface area contributed by atoms with Crippen LogP contribution in [-0.2, 0) is 20.7 Å². The van der Waals surface area contributed by atoms with Crippen LogP contribution in [0.3, 0.4) is 0 Å². The zero-order chi connectivity index (χ0) is 19.1. The number of rotatable bonds is 9. The third-order valence-corrected chi connectivity index (χ3v) is 4.86. The quantitative estimate of drug-likeness (QED) is 0.623. The van der Waals surface area contributed by atoms with E-state index in [4.69, 9.17) is 4.74 Å². The minimum absolute atomic E-state index is 0.124. The summed E-state index contributed by atoms with van der Waals surface area (Å²) in [6, 6.07) is 7.91. The van der Waals surface area contributed by atoms with Crippen molar-refractivity contribution in [1.82, 2.24) is 9.88 Å². The molecule has 1 aromatic carbocycles. The number of para-hydroxylation sites is 1. The fourth-order valence-electron chi connectivity index (χ4n) is 2.70. The van der Waals surface area contributed by atoms with E-state index in [9.17, 15) is 9.59 Å². The SMILES string of the molecule is CC(C)CN(CC(C)C)C(=O)COC(=O)CCc1nc2ccccc2s1. The number of aromatic nitrogens is 1. The second-order valence-corrected chi connectivity index (χ2v) is 8.44. The molecule has 0 aliphatic carbocycles. The van der Waals surface area contributed by atoms with E-state index in [0.29, 0.717) is 31.3 Å². The predicted octanol–water partition coefficient (Wildman–Crippen LogP) is 3.91. The summed E-state index contributed by atoms with van der Waals surface area (Å²) in [7, 11) is 0. The summed E-state index contributed by atoms with van der Waals surface area (Å²) in [6.45, 7) is 9.48. The second-order valence-electron chi connectivity index (χ2n) is 7.32. The molecule has 0 fully saturated rings. The highest BCUT2D eigenvalue weighted by Crippen LogP contribution is 2.22. The molecule has 0 bridgehead atoms. The van der Waals surface area contributed by atoms with Gasteiger partial charge in [-0.05, 0) is 24.0 Å². The van der Waals surface area contributed by atoms with Crippen LogP contribution in [0.4, 0.5) is 0 Å². The molecule has 0 saturated carbocycles. The summed E-state index contributed by atoms with van der Waals surface area (Å²) in [5.74, 6) is 0.285. The number of hydrogen-bond acceptors (Lipinski definition) is 5. The van der Waals surface area contributed by atoms with E-state index in [2.05, 4.69) is 32.7 Å². The Morgan fingerprint density at radius 1 is 1.12 bits per heavy atom. The number of carbonyl (C=O) groups is 2. The summed E-state index contributed by atoms with van der Waals surface area (Å²) in [5.41, 5.74) is 0.953. The van der Waals surface area contributed by atoms with Crippen LogP contribution in [0, 0.1) is 11.8 Å². The number of benzene rings is 1. The van der Waals surface area contributed by atoms with Gasteiger partial charge in [0, 0.05) is 19.5 Å². The van der Waals surface area contributed by atoms with E-state index in [1.807, 2.05) is 24.3 Å². The molecule has 2 rings (SSSR count). The van der Waals surface area contributed by atoms with Crippen LogP contribution < -0.4 is 0 Å². The Balaban J connectivity index is 1.80. The molecule has 0 saturated heterocycles. The van der Waals surface area contributed by atoms with Crippen molar-refractivity contribution in [2.75, 3.05) is 19.7 Å². The third-order valence-electron chi connectivity index (χ3n) is 3.76. The Kier molecular flexibility index (Phi) is 7.57. The average Bonchev–Trinajstić information content (AvgIpc) is 2.99. The van der Waals surface area contributed by atoms with Crippen molar-refractivity contribution in [3.05, 3.63) is 29.3 Å². The van der Waals surface area contributed by atoms with Crippen molar-refractivity contribution < 1.29 is 14.3 Å². The van der Waals surface area contributed by atoms with Crippen molar-refractivity contribution >= 4 is 33.4 Å². The van der Waals surface area contributed by atoms with Crippen LogP contribution in [-0.4, -0.2) is 41.5 Å². The van der Waals surface area contributed by atoms with E-state index in [0.717, 1.165) is 15.2 Å². The van der Waals surface area contributed by atoms with Crippen LogP contribution in [0.1, 0.15) is 39.1 Å². The molecular formula is C20H28N2O3S. The van der Waals surface area contributed by atoms with Gasteiger partial charge in [-0.1, -0.05) is 39.8 Å². The van der Waals surface area contributed by atoms with Gasteiger partial charge >= 0.3 is 5.97 Å². The van der Waals surface area contributed by atoms with E-state index >= 15 is 0 Å². The number of amides is 1. The molecule has 1 heterocycles. The highest BCUT2D eigenvalue weighted by molar-refractivity contribution is 7.18. The lowest BCUT2D eigenvalue weighted by molar-refractivity contribution is -0.152. The van der Waals surface area contributed by atoms with Crippen LogP contribution in [0.2, 0.25) is 0 Å². The Hall–Kier alpha value is -1.95. The Morgan fingerprint density at radius 2 is 1.77 bits per heavy atom. The highest BCUT2D eigenvalue weighted by Gasteiger charge is 2.18. The first-order chi connectivity index (χ1) is 12.3. The van der Waals surface area contributed by atoms with Crippen LogP contribution >= 0.6 is 11.3 Å². The second kappa shape index (κ2) is 9.67. The molecule has 0 atom stereocenters. The molecule has 0 spiro atoms. The summed E-state index contributed by atoms with van der Waals surface area (Å²) < 4.78 is 6.31. The molecular weight excluding hydrogens is 348 g/mol. The third kappa shape index (κ3) is 6.41. The van der Waals surface area contributed by atoms with E-state index < -0.39 is 0 Å². The fraction of sp³-hybridized carbons (Fsp3) is 0.550. The summed E-state index contributed by atoms with van der Waals surface area (Å²) in [5, 5.41) is 0.913. The maximum Gasteiger partial charge on any atom is 0.306 e. The van der Waals surface area contributed by atoms with Gasteiger partial charge in [-0.15, -0.1) is 11.3 Å². The lowest BCUT2D eigenvalue weighted by Crippen LogP contribution is -2.39. The largest absolute Gasteiger partial charge is 0.456 e. The fourth-order valence-corrected chi connectivity index (χ4v) is 3.67. The Bertz CT molecular complexity index is 696. The molecule has 0 aliphatic heterocycles. The Labute approximate surface area is 159 Å². The molecule has 1 aromatic heterocycles. The van der Waals surface area contributed by atoms with Crippen molar-refractivity contribution in [3.8, 4) is 0 Å². The van der Waals surface area contributed by atoms with Crippen molar-refractivity contribution in [2.24, 2.45) is 11.8 Å². The Morgan fingerprint density at radius 3 is 2.38 bits per heavy atom.